The van der Waals surface area contributed by atoms with Gasteiger partial charge in [-0.25, -0.2) is 0 Å². The summed E-state index contributed by atoms with van der Waals surface area (Å²) in [6.07, 6.45) is 0.935. The van der Waals surface area contributed by atoms with E-state index in [1.54, 1.807) is 0 Å². The summed E-state index contributed by atoms with van der Waals surface area (Å²) < 4.78 is 12.5. The van der Waals surface area contributed by atoms with Gasteiger partial charge in [0.15, 0.2) is 0 Å². The molecule has 1 atom stereocenters. The van der Waals surface area contributed by atoms with E-state index in [-0.39, 0.29) is 0 Å². The van der Waals surface area contributed by atoms with E-state index in [0.29, 0.717) is 11.7 Å². The Balaban J connectivity index is 0.000000302. The van der Waals surface area contributed by atoms with Crippen molar-refractivity contribution >= 4 is 39.0 Å². The molecule has 0 amide bonds. The predicted molar refractivity (Wildman–Crippen MR) is 153 cm³/mol. The Morgan fingerprint density at radius 3 is 1.57 bits per heavy atom. The molecule has 4 rings (SSSR count). The van der Waals surface area contributed by atoms with E-state index in [2.05, 4.69) is 103 Å². The van der Waals surface area contributed by atoms with Crippen molar-refractivity contribution in [2.75, 3.05) is 11.9 Å². The zero-order valence-corrected chi connectivity index (χ0v) is 24.7. The topological polar surface area (TPSA) is 17.1 Å². The fraction of sp³-hybridized carbons (Fsp3) is 0.200. The monoisotopic (exact) mass is 609 g/mol. The van der Waals surface area contributed by atoms with Crippen LogP contribution in [-0.2, 0) is 28.1 Å². The molecule has 184 valence electrons. The van der Waals surface area contributed by atoms with Crippen molar-refractivity contribution in [1.29, 1.82) is 0 Å². The number of halogens is 1. The number of hydrogen-bond donors (Lipinski definition) is 0. The molecule has 0 aliphatic rings. The van der Waals surface area contributed by atoms with Gasteiger partial charge in [0.25, 0.3) is 0 Å². The first-order valence-corrected chi connectivity index (χ1v) is 16.6. The molecule has 0 bridgehead atoms. The summed E-state index contributed by atoms with van der Waals surface area (Å²) in [6.45, 7) is 6.54. The quantitative estimate of drug-likeness (QED) is 0.155. The van der Waals surface area contributed by atoms with Crippen LogP contribution < -0.4 is 10.6 Å². The summed E-state index contributed by atoms with van der Waals surface area (Å²) >= 11 is 1.82. The van der Waals surface area contributed by atoms with Gasteiger partial charge in [0.05, 0.1) is 10.8 Å². The van der Waals surface area contributed by atoms with Gasteiger partial charge in [-0.05, 0) is 55.2 Å². The van der Waals surface area contributed by atoms with Crippen LogP contribution in [0.1, 0.15) is 30.9 Å². The molecule has 0 aliphatic heterocycles. The second-order valence-corrected chi connectivity index (χ2v) is 12.2. The van der Waals surface area contributed by atoms with Crippen molar-refractivity contribution in [3.63, 3.8) is 0 Å². The van der Waals surface area contributed by atoms with Gasteiger partial charge in [0, 0.05) is 10.6 Å². The predicted octanol–water partition coefficient (Wildman–Crippen LogP) is 7.73. The second kappa shape index (κ2) is 16.9. The first-order valence-electron chi connectivity index (χ1n) is 11.6. The third-order valence-electron chi connectivity index (χ3n) is 5.39. The van der Waals surface area contributed by atoms with Crippen LogP contribution in [0.3, 0.4) is 0 Å². The van der Waals surface area contributed by atoms with Crippen LogP contribution in [0.25, 0.3) is 0 Å². The van der Waals surface area contributed by atoms with Gasteiger partial charge in [0.2, 0.25) is 0 Å². The van der Waals surface area contributed by atoms with E-state index in [0.717, 1.165) is 11.1 Å². The molecule has 0 N–H and O–H groups in total. The molecule has 0 aliphatic carbocycles. The maximum atomic E-state index is 12.5. The molecular weight excluding hydrogens is 576 g/mol. The SMILES string of the molecule is Cc1ccc(C(C)C)cc1.O=S(CCP(c1ccccc1)c1ccccc1)c1ccccc1.[Cl][Ru+]. The molecule has 0 saturated heterocycles. The first-order chi connectivity index (χ1) is 17.0. The zero-order chi connectivity index (χ0) is 25.5. The van der Waals surface area contributed by atoms with Crippen LogP contribution in [0.2, 0.25) is 0 Å². The molecule has 0 radical (unpaired) electrons. The minimum atomic E-state index is -0.935. The summed E-state index contributed by atoms with van der Waals surface area (Å²) in [6, 6.07) is 39.6. The molecule has 0 saturated carbocycles. The minimum absolute atomic E-state index is 0.467. The van der Waals surface area contributed by atoms with Crippen molar-refractivity contribution in [2.45, 2.75) is 31.6 Å². The average molecular weight is 609 g/mol. The second-order valence-electron chi connectivity index (χ2n) is 8.25. The van der Waals surface area contributed by atoms with Crippen LogP contribution in [0, 0.1) is 6.92 Å². The summed E-state index contributed by atoms with van der Waals surface area (Å²) in [7, 11) is 3.17. The number of aryl methyl sites for hydroxylation is 1. The standard InChI is InChI=1S/C20H19OPS.C10H14.ClH.Ru/c21-23(20-14-8-3-9-15-20)17-16-22(18-10-4-1-5-11-18)19-12-6-2-7-13-19;1-8(2)10-6-4-9(3)5-7-10;;/h1-15H,16-17H2;4-8H,1-3H3;1H;/q;;;+2/p-1. The van der Waals surface area contributed by atoms with E-state index >= 15 is 0 Å². The van der Waals surface area contributed by atoms with Gasteiger partial charge in [-0.1, -0.05) is 123 Å². The van der Waals surface area contributed by atoms with Crippen LogP contribution in [-0.4, -0.2) is 16.1 Å². The van der Waals surface area contributed by atoms with Crippen LogP contribution in [0.5, 0.6) is 0 Å². The van der Waals surface area contributed by atoms with E-state index in [4.69, 9.17) is 0 Å². The first kappa shape index (κ1) is 29.6. The number of benzene rings is 4. The van der Waals surface area contributed by atoms with E-state index in [1.165, 1.54) is 21.7 Å². The Bertz CT molecular complexity index is 1070. The van der Waals surface area contributed by atoms with Gasteiger partial charge >= 0.3 is 27.0 Å². The van der Waals surface area contributed by atoms with Gasteiger partial charge in [0.1, 0.15) is 0 Å². The van der Waals surface area contributed by atoms with Crippen molar-refractivity contribution in [3.05, 3.63) is 126 Å². The fourth-order valence-corrected chi connectivity index (χ4v) is 7.41. The van der Waals surface area contributed by atoms with E-state index in [1.807, 2.05) is 59.8 Å². The molecule has 1 nitrogen and oxygen atoms in total. The molecule has 4 aromatic rings. The molecule has 4 aromatic carbocycles. The van der Waals surface area contributed by atoms with Crippen molar-refractivity contribution in [1.82, 2.24) is 0 Å². The fourth-order valence-electron chi connectivity index (χ4n) is 3.44. The Kier molecular flexibility index (Phi) is 14.3. The van der Waals surface area contributed by atoms with Crippen molar-refractivity contribution in [3.8, 4) is 0 Å². The molecule has 5 heteroatoms. The van der Waals surface area contributed by atoms with Gasteiger partial charge in [-0.3, -0.25) is 4.21 Å². The molecule has 0 spiro atoms. The maximum absolute atomic E-state index is 12.5. The third-order valence-corrected chi connectivity index (χ3v) is 9.58. The summed E-state index contributed by atoms with van der Waals surface area (Å²) in [5.41, 5.74) is 2.76. The Morgan fingerprint density at radius 2 is 1.14 bits per heavy atom. The van der Waals surface area contributed by atoms with Crippen LogP contribution in [0.15, 0.2) is 120 Å². The summed E-state index contributed by atoms with van der Waals surface area (Å²) in [5.74, 6) is 1.35. The average Bonchev–Trinajstić information content (AvgIpc) is 2.92. The van der Waals surface area contributed by atoms with Crippen LogP contribution in [0.4, 0.5) is 0 Å². The summed E-state index contributed by atoms with van der Waals surface area (Å²) in [4.78, 5) is 0.920. The van der Waals surface area contributed by atoms with Crippen LogP contribution >= 0.6 is 17.6 Å². The Labute approximate surface area is 229 Å². The van der Waals surface area contributed by atoms with Gasteiger partial charge in [-0.2, -0.15) is 0 Å². The van der Waals surface area contributed by atoms with Crippen molar-refractivity contribution < 1.29 is 21.5 Å². The van der Waals surface area contributed by atoms with E-state index in [9.17, 15) is 4.21 Å². The zero-order valence-electron chi connectivity index (χ0n) is 20.5. The van der Waals surface area contributed by atoms with E-state index < -0.39 is 18.7 Å². The molecule has 0 heterocycles. The van der Waals surface area contributed by atoms with Crippen molar-refractivity contribution in [2.24, 2.45) is 0 Å². The Hall–Kier alpha value is -1.63. The third kappa shape index (κ3) is 10.5. The molecular formula is C30H33ClOPRuS+. The molecule has 1 unspecified atom stereocenters. The molecule has 0 fully saturated rings. The molecule has 35 heavy (non-hydrogen) atoms. The summed E-state index contributed by atoms with van der Waals surface area (Å²) in [5, 5.41) is 2.69. The molecule has 0 aromatic heterocycles. The number of hydrogen-bond acceptors (Lipinski definition) is 1. The van der Waals surface area contributed by atoms with Gasteiger partial charge < -0.3 is 0 Å². The normalized spacial score (nSPS) is 11.2. The Morgan fingerprint density at radius 1 is 0.714 bits per heavy atom. The van der Waals surface area contributed by atoms with Gasteiger partial charge in [-0.15, -0.1) is 0 Å². The number of rotatable bonds is 7.